The molecule has 1 aromatic heterocycles. The largest absolute Gasteiger partial charge is 0.479 e. The summed E-state index contributed by atoms with van der Waals surface area (Å²) in [7, 11) is -29.3. The van der Waals surface area contributed by atoms with Gasteiger partial charge >= 0.3 is 6.01 Å². The fourth-order valence-electron chi connectivity index (χ4n) is 6.43. The summed E-state index contributed by atoms with van der Waals surface area (Å²) in [4.78, 5) is 7.48. The second kappa shape index (κ2) is 20.8. The van der Waals surface area contributed by atoms with Crippen LogP contribution in [0, 0.1) is 13.8 Å². The van der Waals surface area contributed by atoms with Gasteiger partial charge in [-0.05, 0) is 134 Å². The molecule has 392 valence electrons. The number of benzene rings is 6. The molecule has 0 saturated heterocycles. The third kappa shape index (κ3) is 13.8. The topological polar surface area (TPSA) is 442 Å². The van der Waals surface area contributed by atoms with E-state index in [2.05, 4.69) is 46.0 Å². The first-order chi connectivity index (χ1) is 34.8. The monoisotopic (exact) mass is 1150 g/mol. The van der Waals surface area contributed by atoms with E-state index in [9.17, 15) is 73.8 Å². The molecule has 0 spiro atoms. The first-order valence-electron chi connectivity index (χ1n) is 20.3. The molecule has 9 N–H and O–H groups in total. The predicted molar refractivity (Wildman–Crippen MR) is 265 cm³/mol. The zero-order chi connectivity index (χ0) is 54.9. The quantitative estimate of drug-likeness (QED) is 0.0305. The zero-order valence-corrected chi connectivity index (χ0v) is 42.7. The van der Waals surface area contributed by atoms with Crippen molar-refractivity contribution in [3.63, 3.8) is 0 Å². The third-order valence-electron chi connectivity index (χ3n) is 9.87. The van der Waals surface area contributed by atoms with Crippen LogP contribution in [0.25, 0.3) is 0 Å². The first kappa shape index (κ1) is 54.8. The first-order valence-corrected chi connectivity index (χ1v) is 29.0. The number of aryl methyl sites for hydroxylation is 2. The molecule has 28 nitrogen and oxygen atoms in total. The third-order valence-corrected chi connectivity index (χ3v) is 16.1. The smallest absolute Gasteiger partial charge is 0.320 e. The van der Waals surface area contributed by atoms with Crippen molar-refractivity contribution in [2.24, 2.45) is 20.5 Å². The van der Waals surface area contributed by atoms with Gasteiger partial charge in [-0.25, -0.2) is 16.8 Å². The normalized spacial score (nSPS) is 12.7. The van der Waals surface area contributed by atoms with E-state index < -0.39 is 107 Å². The highest BCUT2D eigenvalue weighted by Gasteiger charge is 2.26. The van der Waals surface area contributed by atoms with Crippen LogP contribution in [-0.4, -0.2) is 88.8 Å². The van der Waals surface area contributed by atoms with Crippen molar-refractivity contribution in [1.29, 1.82) is 0 Å². The number of aromatic nitrogens is 3. The lowest BCUT2D eigenvalue weighted by molar-refractivity contribution is 0.430. The van der Waals surface area contributed by atoms with Crippen molar-refractivity contribution in [1.82, 2.24) is 15.0 Å². The molecule has 0 aliphatic carbocycles. The molecule has 0 amide bonds. The van der Waals surface area contributed by atoms with Gasteiger partial charge in [0.1, 0.15) is 9.79 Å². The van der Waals surface area contributed by atoms with Crippen LogP contribution in [0.4, 0.5) is 57.4 Å². The Balaban J connectivity index is 1.01. The van der Waals surface area contributed by atoms with Crippen molar-refractivity contribution in [2.75, 3.05) is 20.1 Å². The molecule has 0 saturated carbocycles. The zero-order valence-electron chi connectivity index (χ0n) is 37.8. The summed E-state index contributed by atoms with van der Waals surface area (Å²) in [6.07, 6.45) is 0. The SMILES string of the molecule is Cc1cc(Nc2nc(O)nc(Nc3ccc(N=Nc4cccc(S(=O)(=O)Nc5cc(S(=O)(=O)O)ccc5S(=O)(=O)O)c4)c(C)c3)n2)ccc1N=Nc1cccc(S(=O)(=O)Nc2cc(S(=O)(=O)O)ccc2S(=O)(=O)O)c1. The van der Waals surface area contributed by atoms with Crippen LogP contribution in [-0.2, 0) is 60.5 Å². The van der Waals surface area contributed by atoms with Gasteiger partial charge in [0.2, 0.25) is 11.9 Å². The van der Waals surface area contributed by atoms with Gasteiger partial charge < -0.3 is 15.7 Å². The highest BCUT2D eigenvalue weighted by atomic mass is 32.2. The molecule has 1 heterocycles. The average Bonchev–Trinajstić information content (AvgIpc) is 3.29. The summed E-state index contributed by atoms with van der Waals surface area (Å²) in [5.74, 6) is -0.183. The summed E-state index contributed by atoms with van der Waals surface area (Å²) < 4.78 is 189. The van der Waals surface area contributed by atoms with E-state index in [1.54, 1.807) is 50.2 Å². The fraction of sp³-hybridized carbons (Fsp3) is 0.0488. The van der Waals surface area contributed by atoms with Gasteiger partial charge in [0.05, 0.1) is 53.7 Å². The van der Waals surface area contributed by atoms with Crippen molar-refractivity contribution in [3.05, 3.63) is 132 Å². The predicted octanol–water partition coefficient (Wildman–Crippen LogP) is 7.10. The molecule has 0 fully saturated rings. The van der Waals surface area contributed by atoms with E-state index in [1.807, 2.05) is 9.44 Å². The Kier molecular flexibility index (Phi) is 15.2. The van der Waals surface area contributed by atoms with Gasteiger partial charge in [-0.3, -0.25) is 27.7 Å². The molecule has 0 bridgehead atoms. The number of sulfonamides is 2. The summed E-state index contributed by atoms with van der Waals surface area (Å²) in [6, 6.07) is 22.1. The summed E-state index contributed by atoms with van der Waals surface area (Å²) >= 11 is 0. The van der Waals surface area contributed by atoms with Crippen LogP contribution in [0.3, 0.4) is 0 Å². The minimum absolute atomic E-state index is 0.0140. The number of hydrogen-bond donors (Lipinski definition) is 9. The lowest BCUT2D eigenvalue weighted by atomic mass is 10.2. The van der Waals surface area contributed by atoms with E-state index in [0.717, 1.165) is 24.3 Å². The second-order valence-corrected chi connectivity index (χ2v) is 24.3. The Morgan fingerprint density at radius 1 is 0.413 bits per heavy atom. The maximum atomic E-state index is 13.3. The minimum Gasteiger partial charge on any atom is -0.479 e. The van der Waals surface area contributed by atoms with Gasteiger partial charge in [-0.1, -0.05) is 12.1 Å². The standard InChI is InChI=1S/C41H35N11O17S6/c1-23-17-25(9-13-33(23)49-47-27-5-3-7-29(19-27)70(54,55)51-35-21-31(72(58,59)60)11-15-37(35)74(64,65)66)42-39-44-40(46-41(53)45-39)43-26-10-14-34(24(2)18-26)50-48-28-6-4-8-30(20-28)71(56,57)52-36-22-32(73(61,62)63)12-16-38(36)75(67,68)69/h3-22,51-52H,1-2H3,(H,58,59,60)(H,61,62,63)(H,64,65,66)(H,67,68,69)(H3,42,43,44,45,46,53). The molecule has 6 aromatic carbocycles. The van der Waals surface area contributed by atoms with E-state index >= 15 is 0 Å². The van der Waals surface area contributed by atoms with Gasteiger partial charge in [0.15, 0.2) is 0 Å². The van der Waals surface area contributed by atoms with Gasteiger partial charge in [-0.2, -0.15) is 69.1 Å². The number of hydrogen-bond acceptors (Lipinski definition) is 22. The molecule has 75 heavy (non-hydrogen) atoms. The maximum Gasteiger partial charge on any atom is 0.320 e. The number of nitrogens with zero attached hydrogens (tertiary/aromatic N) is 7. The number of anilines is 6. The molecule has 0 atom stereocenters. The van der Waals surface area contributed by atoms with Gasteiger partial charge in [-0.15, -0.1) is 0 Å². The van der Waals surface area contributed by atoms with Gasteiger partial charge in [0, 0.05) is 11.4 Å². The Morgan fingerprint density at radius 3 is 1.15 bits per heavy atom. The van der Waals surface area contributed by atoms with Crippen molar-refractivity contribution in [3.8, 4) is 6.01 Å². The van der Waals surface area contributed by atoms with Crippen LogP contribution in [0.15, 0.2) is 171 Å². The molecular weight excluding hydrogens is 1110 g/mol. The highest BCUT2D eigenvalue weighted by Crippen LogP contribution is 2.33. The Hall–Kier alpha value is -7.93. The van der Waals surface area contributed by atoms with Crippen LogP contribution < -0.4 is 20.1 Å². The molecular formula is C41H35N11O17S6. The highest BCUT2D eigenvalue weighted by molar-refractivity contribution is 7.93. The van der Waals surface area contributed by atoms with E-state index in [1.165, 1.54) is 24.3 Å². The number of rotatable bonds is 18. The van der Waals surface area contributed by atoms with Crippen molar-refractivity contribution < 1.29 is 73.8 Å². The molecule has 0 unspecified atom stereocenters. The molecule has 0 aliphatic heterocycles. The summed E-state index contributed by atoms with van der Waals surface area (Å²) in [6.45, 7) is 3.35. The molecule has 0 radical (unpaired) electrons. The lowest BCUT2D eigenvalue weighted by Crippen LogP contribution is -2.16. The van der Waals surface area contributed by atoms with E-state index in [-0.39, 0.29) is 23.3 Å². The number of azo groups is 2. The lowest BCUT2D eigenvalue weighted by Gasteiger charge is -2.12. The molecule has 7 aromatic rings. The van der Waals surface area contributed by atoms with E-state index in [4.69, 9.17) is 0 Å². The van der Waals surface area contributed by atoms with Crippen molar-refractivity contribution >= 4 is 118 Å². The minimum atomic E-state index is -5.07. The Morgan fingerprint density at radius 2 is 0.800 bits per heavy atom. The average molecular weight is 1150 g/mol. The Labute approximate surface area is 426 Å². The van der Waals surface area contributed by atoms with Crippen LogP contribution >= 0.6 is 0 Å². The summed E-state index contributed by atoms with van der Waals surface area (Å²) in [5, 5.41) is 32.7. The molecule has 34 heteroatoms. The van der Waals surface area contributed by atoms with E-state index in [0.29, 0.717) is 70.3 Å². The van der Waals surface area contributed by atoms with Crippen molar-refractivity contribution in [2.45, 2.75) is 43.2 Å². The fourth-order valence-corrected chi connectivity index (χ4v) is 11.0. The maximum absolute atomic E-state index is 13.3. The Bertz CT molecular complexity index is 3960. The van der Waals surface area contributed by atoms with Crippen LogP contribution in [0.1, 0.15) is 11.1 Å². The van der Waals surface area contributed by atoms with Crippen LogP contribution in [0.2, 0.25) is 0 Å². The van der Waals surface area contributed by atoms with Crippen LogP contribution in [0.5, 0.6) is 6.01 Å². The number of aromatic hydroxyl groups is 1. The second-order valence-electron chi connectivity index (χ2n) is 15.4. The summed E-state index contributed by atoms with van der Waals surface area (Å²) in [5.41, 5.74) is 0.874. The molecule has 0 aliphatic rings. The molecule has 7 rings (SSSR count). The number of nitrogens with one attached hydrogen (secondary N) is 4. The van der Waals surface area contributed by atoms with Gasteiger partial charge in [0.25, 0.3) is 60.5 Å².